The lowest BCUT2D eigenvalue weighted by atomic mass is 10.1. The van der Waals surface area contributed by atoms with Crippen LogP contribution in [-0.2, 0) is 4.84 Å². The van der Waals surface area contributed by atoms with E-state index in [4.69, 9.17) is 11.4 Å². The van der Waals surface area contributed by atoms with Crippen molar-refractivity contribution >= 4 is 11.6 Å². The number of benzene rings is 1. The first-order valence-corrected chi connectivity index (χ1v) is 8.17. The fraction of sp³-hybridized carbons (Fsp3) is 0.529. The highest BCUT2D eigenvalue weighted by atomic mass is 16.7. The van der Waals surface area contributed by atoms with E-state index in [-0.39, 0.29) is 12.0 Å². The topological polar surface area (TPSA) is 84.4 Å². The van der Waals surface area contributed by atoms with Gasteiger partial charge in [-0.15, -0.1) is 0 Å². The van der Waals surface area contributed by atoms with Crippen LogP contribution in [0.1, 0.15) is 44.0 Å². The van der Waals surface area contributed by atoms with Crippen molar-refractivity contribution in [3.63, 3.8) is 0 Å². The van der Waals surface area contributed by atoms with Crippen molar-refractivity contribution in [2.24, 2.45) is 5.28 Å². The van der Waals surface area contributed by atoms with E-state index in [2.05, 4.69) is 15.5 Å². The molecule has 25 heavy (non-hydrogen) atoms. The number of carbonyl (C=O) groups is 1. The second kappa shape index (κ2) is 7.83. The molecule has 0 unspecified atom stereocenters. The number of rotatable bonds is 4. The Balaban J connectivity index is 1.83. The molecule has 1 saturated heterocycles. The molecule has 1 aromatic rings. The Morgan fingerprint density at radius 3 is 2.48 bits per heavy atom. The lowest BCUT2D eigenvalue weighted by molar-refractivity contribution is -0.626. The second-order valence-electron chi connectivity index (χ2n) is 6.97. The minimum Gasteiger partial charge on any atom is -0.569 e. The number of carbonyl (C=O) groups excluding carboxylic acids is 1. The molecule has 1 aliphatic heterocycles. The maximum absolute atomic E-state index is 12.4. The average Bonchev–Trinajstić information content (AvgIpc) is 2.58. The summed E-state index contributed by atoms with van der Waals surface area (Å²) in [7, 11) is 0. The van der Waals surface area contributed by atoms with Gasteiger partial charge < -0.3 is 14.9 Å². The predicted octanol–water partition coefficient (Wildman–Crippen LogP) is 3.04. The van der Waals surface area contributed by atoms with Gasteiger partial charge in [-0.1, -0.05) is 24.3 Å². The largest absolute Gasteiger partial charge is 0.569 e. The summed E-state index contributed by atoms with van der Waals surface area (Å²) in [6.45, 7) is 13.6. The quantitative estimate of drug-likeness (QED) is 0.393. The second-order valence-corrected chi connectivity index (χ2v) is 6.97. The van der Waals surface area contributed by atoms with Crippen LogP contribution in [0.15, 0.2) is 29.5 Å². The molecule has 2 rings (SSSR count). The van der Waals surface area contributed by atoms with E-state index in [1.54, 1.807) is 29.2 Å². The Hall–Kier alpha value is -2.82. The first-order valence-electron chi connectivity index (χ1n) is 8.17. The molecule has 1 heterocycles. The maximum atomic E-state index is 12.4. The van der Waals surface area contributed by atoms with Crippen LogP contribution in [0, 0.1) is 11.8 Å². The highest BCUT2D eigenvalue weighted by Gasteiger charge is 2.25. The van der Waals surface area contributed by atoms with Crippen LogP contribution in [0.4, 0.5) is 5.69 Å². The van der Waals surface area contributed by atoms with E-state index >= 15 is 0 Å². The van der Waals surface area contributed by atoms with Crippen LogP contribution in [-0.4, -0.2) is 40.5 Å². The third kappa shape index (κ3) is 5.64. The Morgan fingerprint density at radius 2 is 1.96 bits per heavy atom. The van der Waals surface area contributed by atoms with Gasteiger partial charge in [0, 0.05) is 31.5 Å². The molecule has 1 amide bonds. The van der Waals surface area contributed by atoms with Gasteiger partial charge in [-0.05, 0) is 20.8 Å². The van der Waals surface area contributed by atoms with Gasteiger partial charge in [0.15, 0.2) is 5.69 Å². The van der Waals surface area contributed by atoms with Crippen LogP contribution in [0.3, 0.4) is 0 Å². The molecule has 0 radical (unpaired) electrons. The molecule has 1 fully saturated rings. The van der Waals surface area contributed by atoms with E-state index in [1.165, 1.54) is 0 Å². The summed E-state index contributed by atoms with van der Waals surface area (Å²) >= 11 is 0. The van der Waals surface area contributed by atoms with Crippen molar-refractivity contribution in [1.29, 1.82) is 0 Å². The fourth-order valence-electron chi connectivity index (χ4n) is 2.44. The van der Waals surface area contributed by atoms with Crippen LogP contribution in [0.5, 0.6) is 0 Å². The molecule has 8 heteroatoms. The van der Waals surface area contributed by atoms with Gasteiger partial charge >= 0.3 is 0 Å². The summed E-state index contributed by atoms with van der Waals surface area (Å²) in [4.78, 5) is 23.1. The molecule has 0 bridgehead atoms. The number of piperidine rings is 1. The standard InChI is InChI=1S/C17H23N5O3/c1-17(2,3)19-22(24)20-25-15-9-11-21(12-10-15)16(23)13-5-7-14(18-4)8-6-13/h5-8,15H,9-12H2,1-3H3,(H,19,20). The summed E-state index contributed by atoms with van der Waals surface area (Å²) in [6, 6.07) is 6.61. The Labute approximate surface area is 147 Å². The molecule has 8 nitrogen and oxygen atoms in total. The number of nitrogens with one attached hydrogen (secondary N) is 1. The summed E-state index contributed by atoms with van der Waals surface area (Å²) in [5, 5.41) is 15.1. The number of nitrogens with zero attached hydrogens (tertiary/aromatic N) is 4. The third-order valence-corrected chi connectivity index (χ3v) is 3.67. The van der Waals surface area contributed by atoms with Gasteiger partial charge in [0.25, 0.3) is 5.91 Å². The fourth-order valence-corrected chi connectivity index (χ4v) is 2.44. The van der Waals surface area contributed by atoms with Crippen molar-refractivity contribution in [3.8, 4) is 0 Å². The zero-order chi connectivity index (χ0) is 18.4. The predicted molar refractivity (Wildman–Crippen MR) is 91.7 cm³/mol. The van der Waals surface area contributed by atoms with E-state index < -0.39 is 5.54 Å². The first-order chi connectivity index (χ1) is 11.8. The zero-order valence-corrected chi connectivity index (χ0v) is 14.7. The van der Waals surface area contributed by atoms with Gasteiger partial charge in [0.05, 0.1) is 17.1 Å². The van der Waals surface area contributed by atoms with Gasteiger partial charge in [-0.2, -0.15) is 5.43 Å². The molecule has 0 spiro atoms. The number of hydrogen-bond donors (Lipinski definition) is 1. The van der Waals surface area contributed by atoms with Crippen molar-refractivity contribution < 1.29 is 14.6 Å². The molecular weight excluding hydrogens is 322 g/mol. The number of hydrazine groups is 1. The molecule has 0 saturated carbocycles. The molecule has 1 N–H and O–H groups in total. The van der Waals surface area contributed by atoms with Gasteiger partial charge in [-0.25, -0.2) is 4.85 Å². The summed E-state index contributed by atoms with van der Waals surface area (Å²) in [5.74, 6) is -0.0632. The van der Waals surface area contributed by atoms with Crippen molar-refractivity contribution in [2.45, 2.75) is 45.3 Å². The van der Waals surface area contributed by atoms with Crippen LogP contribution in [0.2, 0.25) is 0 Å². The third-order valence-electron chi connectivity index (χ3n) is 3.67. The highest BCUT2D eigenvalue weighted by molar-refractivity contribution is 5.94. The molecule has 0 aromatic heterocycles. The summed E-state index contributed by atoms with van der Waals surface area (Å²) in [5.41, 5.74) is 3.30. The molecular formula is C17H23N5O3. The van der Waals surface area contributed by atoms with E-state index in [0.717, 1.165) is 0 Å². The normalized spacial score (nSPS) is 16.2. The minimum atomic E-state index is -0.396. The van der Waals surface area contributed by atoms with E-state index in [1.807, 2.05) is 20.8 Å². The maximum Gasteiger partial charge on any atom is 0.253 e. The molecule has 134 valence electrons. The van der Waals surface area contributed by atoms with Crippen molar-refractivity contribution in [2.75, 3.05) is 13.1 Å². The monoisotopic (exact) mass is 345 g/mol. The van der Waals surface area contributed by atoms with Gasteiger partial charge in [0.1, 0.15) is 6.10 Å². The average molecular weight is 345 g/mol. The Bertz CT molecular complexity index is 665. The molecule has 0 atom stereocenters. The Morgan fingerprint density at radius 1 is 1.36 bits per heavy atom. The lowest BCUT2D eigenvalue weighted by Gasteiger charge is -2.30. The van der Waals surface area contributed by atoms with Gasteiger partial charge in [0.2, 0.25) is 5.28 Å². The lowest BCUT2D eigenvalue weighted by Crippen LogP contribution is -2.42. The number of amides is 1. The molecule has 1 aliphatic rings. The minimum absolute atomic E-state index is 0.0632. The smallest absolute Gasteiger partial charge is 0.253 e. The van der Waals surface area contributed by atoms with Crippen LogP contribution >= 0.6 is 0 Å². The van der Waals surface area contributed by atoms with E-state index in [0.29, 0.717) is 42.2 Å². The molecule has 0 aliphatic carbocycles. The van der Waals surface area contributed by atoms with Crippen molar-refractivity contribution in [3.05, 3.63) is 46.5 Å². The molecule has 1 aromatic carbocycles. The number of likely N-dealkylation sites (tertiary alicyclic amines) is 1. The summed E-state index contributed by atoms with van der Waals surface area (Å²) < 4.78 is 0. The number of hydrogen-bond acceptors (Lipinski definition) is 4. The van der Waals surface area contributed by atoms with Gasteiger partial charge in [-0.3, -0.25) is 4.79 Å². The van der Waals surface area contributed by atoms with Crippen molar-refractivity contribution in [1.82, 2.24) is 10.3 Å². The zero-order valence-electron chi connectivity index (χ0n) is 14.7. The first kappa shape index (κ1) is 18.5. The Kier molecular flexibility index (Phi) is 5.80. The summed E-state index contributed by atoms with van der Waals surface area (Å²) in [6.07, 6.45) is 1.03. The SMILES string of the molecule is [C-]#[N+]c1ccc(C(=O)N2CCC(O/N=[N+](\[O-])NC(C)(C)C)CC2)cc1. The van der Waals surface area contributed by atoms with Crippen LogP contribution < -0.4 is 5.43 Å². The van der Waals surface area contributed by atoms with Crippen LogP contribution in [0.25, 0.3) is 4.85 Å². The van der Waals surface area contributed by atoms with E-state index in [9.17, 15) is 10.0 Å². The highest BCUT2D eigenvalue weighted by Crippen LogP contribution is 2.18.